The van der Waals surface area contributed by atoms with Crippen molar-refractivity contribution >= 4 is 0 Å². The zero-order valence-corrected chi connectivity index (χ0v) is 13.1. The monoisotopic (exact) mass is 302 g/mol. The van der Waals surface area contributed by atoms with Gasteiger partial charge in [0.2, 0.25) is 0 Å². The second-order valence-corrected chi connectivity index (χ2v) is 5.93. The number of rotatable bonds is 3. The molecule has 0 unspecified atom stereocenters. The molecule has 1 heterocycles. The van der Waals surface area contributed by atoms with Gasteiger partial charge in [-0.3, -0.25) is 0 Å². The van der Waals surface area contributed by atoms with Crippen LogP contribution in [-0.4, -0.2) is 0 Å². The van der Waals surface area contributed by atoms with Crippen molar-refractivity contribution in [1.29, 1.82) is 0 Å². The van der Waals surface area contributed by atoms with Crippen molar-refractivity contribution in [2.75, 3.05) is 0 Å². The average Bonchev–Trinajstić information content (AvgIpc) is 2.59. The number of benzene rings is 3. The summed E-state index contributed by atoms with van der Waals surface area (Å²) in [6.45, 7) is 2.65. The molecule has 0 aromatic heterocycles. The highest BCUT2D eigenvalue weighted by Crippen LogP contribution is 2.38. The molecule has 3 aromatic rings. The van der Waals surface area contributed by atoms with E-state index in [4.69, 9.17) is 9.47 Å². The van der Waals surface area contributed by atoms with Crippen LogP contribution in [0.1, 0.15) is 22.3 Å². The quantitative estimate of drug-likeness (QED) is 0.513. The van der Waals surface area contributed by atoms with Gasteiger partial charge in [-0.05, 0) is 35.7 Å². The van der Waals surface area contributed by atoms with Crippen molar-refractivity contribution in [1.82, 2.24) is 0 Å². The lowest BCUT2D eigenvalue weighted by Crippen LogP contribution is -2.03. The van der Waals surface area contributed by atoms with Crippen LogP contribution in [0.5, 0.6) is 17.2 Å². The van der Waals surface area contributed by atoms with Crippen LogP contribution in [0.15, 0.2) is 66.7 Å². The second-order valence-electron chi connectivity index (χ2n) is 5.93. The zero-order valence-electron chi connectivity index (χ0n) is 13.1. The van der Waals surface area contributed by atoms with Gasteiger partial charge in [-0.2, -0.15) is 0 Å². The fourth-order valence-electron chi connectivity index (χ4n) is 2.79. The zero-order chi connectivity index (χ0) is 15.6. The molecule has 0 saturated heterocycles. The van der Waals surface area contributed by atoms with Gasteiger partial charge in [0.1, 0.15) is 23.9 Å². The predicted molar refractivity (Wildman–Crippen MR) is 91.3 cm³/mol. The van der Waals surface area contributed by atoms with Crippen LogP contribution in [0.4, 0.5) is 0 Å². The van der Waals surface area contributed by atoms with Crippen molar-refractivity contribution in [3.05, 3.63) is 89.0 Å². The molecular formula is C21H18O2. The Labute approximate surface area is 136 Å². The van der Waals surface area contributed by atoms with Gasteiger partial charge in [-0.25, -0.2) is 0 Å². The molecule has 0 spiro atoms. The van der Waals surface area contributed by atoms with Crippen molar-refractivity contribution in [2.24, 2.45) is 0 Å². The molecule has 1 aliphatic heterocycles. The number of aryl methyl sites for hydroxylation is 1. The minimum Gasteiger partial charge on any atom is -0.489 e. The Morgan fingerprint density at radius 1 is 0.870 bits per heavy atom. The second kappa shape index (κ2) is 5.81. The fraction of sp³-hybridized carbons (Fsp3) is 0.143. The number of hydrogen-bond donors (Lipinski definition) is 0. The van der Waals surface area contributed by atoms with E-state index in [1.54, 1.807) is 0 Å². The van der Waals surface area contributed by atoms with E-state index in [0.717, 1.165) is 23.7 Å². The van der Waals surface area contributed by atoms with Gasteiger partial charge in [0.15, 0.2) is 0 Å². The van der Waals surface area contributed by atoms with Gasteiger partial charge >= 0.3 is 0 Å². The maximum Gasteiger partial charge on any atom is 0.134 e. The summed E-state index contributed by atoms with van der Waals surface area (Å²) in [5, 5.41) is 0. The van der Waals surface area contributed by atoms with Crippen LogP contribution in [0.25, 0.3) is 0 Å². The van der Waals surface area contributed by atoms with Crippen LogP contribution in [-0.2, 0) is 13.0 Å². The SMILES string of the molecule is Cc1ccc(COc2ccc3c(c2)Oc2ccccc2C3)cc1. The number of ether oxygens (including phenoxy) is 2. The van der Waals surface area contributed by atoms with Gasteiger partial charge in [0, 0.05) is 12.5 Å². The average molecular weight is 302 g/mol. The third kappa shape index (κ3) is 2.93. The standard InChI is InChI=1S/C21H18O2/c1-15-6-8-16(9-7-15)14-22-19-11-10-18-12-17-4-2-3-5-20(17)23-21(18)13-19/h2-11,13H,12,14H2,1H3. The first-order chi connectivity index (χ1) is 11.3. The van der Waals surface area contributed by atoms with Crippen LogP contribution >= 0.6 is 0 Å². The first kappa shape index (κ1) is 13.9. The molecule has 3 aromatic carbocycles. The molecule has 0 saturated carbocycles. The first-order valence-corrected chi connectivity index (χ1v) is 7.85. The molecular weight excluding hydrogens is 284 g/mol. The summed E-state index contributed by atoms with van der Waals surface area (Å²) in [6.07, 6.45) is 0.906. The molecule has 0 atom stereocenters. The Morgan fingerprint density at radius 3 is 2.52 bits per heavy atom. The van der Waals surface area contributed by atoms with Crippen LogP contribution < -0.4 is 9.47 Å². The van der Waals surface area contributed by atoms with E-state index < -0.39 is 0 Å². The highest BCUT2D eigenvalue weighted by atomic mass is 16.5. The van der Waals surface area contributed by atoms with E-state index >= 15 is 0 Å². The van der Waals surface area contributed by atoms with E-state index in [9.17, 15) is 0 Å². The molecule has 2 nitrogen and oxygen atoms in total. The smallest absolute Gasteiger partial charge is 0.134 e. The summed E-state index contributed by atoms with van der Waals surface area (Å²) >= 11 is 0. The van der Waals surface area contributed by atoms with E-state index in [-0.39, 0.29) is 0 Å². The first-order valence-electron chi connectivity index (χ1n) is 7.85. The van der Waals surface area contributed by atoms with E-state index in [0.29, 0.717) is 6.61 Å². The summed E-state index contributed by atoms with van der Waals surface area (Å²) in [5.41, 5.74) is 4.86. The third-order valence-electron chi connectivity index (χ3n) is 4.14. The van der Waals surface area contributed by atoms with Crippen LogP contribution in [0.3, 0.4) is 0 Å². The van der Waals surface area contributed by atoms with Crippen molar-refractivity contribution in [3.63, 3.8) is 0 Å². The lowest BCUT2D eigenvalue weighted by atomic mass is 10.0. The molecule has 0 N–H and O–H groups in total. The van der Waals surface area contributed by atoms with E-state index in [2.05, 4.69) is 43.3 Å². The molecule has 0 fully saturated rings. The summed E-state index contributed by atoms with van der Waals surface area (Å²) < 4.78 is 11.9. The Morgan fingerprint density at radius 2 is 1.65 bits per heavy atom. The highest BCUT2D eigenvalue weighted by molar-refractivity contribution is 5.52. The topological polar surface area (TPSA) is 18.5 Å². The maximum atomic E-state index is 6.01. The van der Waals surface area contributed by atoms with Gasteiger partial charge in [-0.15, -0.1) is 0 Å². The summed E-state index contributed by atoms with van der Waals surface area (Å²) in [7, 11) is 0. The van der Waals surface area contributed by atoms with Gasteiger partial charge in [0.25, 0.3) is 0 Å². The minimum atomic E-state index is 0.565. The van der Waals surface area contributed by atoms with E-state index in [1.165, 1.54) is 22.3 Å². The Kier molecular flexibility index (Phi) is 3.51. The molecule has 114 valence electrons. The van der Waals surface area contributed by atoms with Gasteiger partial charge < -0.3 is 9.47 Å². The molecule has 2 heteroatoms. The predicted octanol–water partition coefficient (Wildman–Crippen LogP) is 5.27. The maximum absolute atomic E-state index is 6.01. The number of hydrogen-bond acceptors (Lipinski definition) is 2. The number of fused-ring (bicyclic) bond motifs is 2. The molecule has 0 aliphatic carbocycles. The summed E-state index contributed by atoms with van der Waals surface area (Å²) in [6, 6.07) is 22.7. The summed E-state index contributed by atoms with van der Waals surface area (Å²) in [4.78, 5) is 0. The third-order valence-corrected chi connectivity index (χ3v) is 4.14. The van der Waals surface area contributed by atoms with Crippen molar-refractivity contribution in [2.45, 2.75) is 20.0 Å². The minimum absolute atomic E-state index is 0.565. The highest BCUT2D eigenvalue weighted by Gasteiger charge is 2.16. The van der Waals surface area contributed by atoms with Crippen LogP contribution in [0.2, 0.25) is 0 Å². The van der Waals surface area contributed by atoms with E-state index in [1.807, 2.05) is 30.3 Å². The lowest BCUT2D eigenvalue weighted by Gasteiger charge is -2.20. The Bertz CT molecular complexity index is 835. The van der Waals surface area contributed by atoms with Gasteiger partial charge in [0.05, 0.1) is 0 Å². The Hall–Kier alpha value is -2.74. The molecule has 23 heavy (non-hydrogen) atoms. The van der Waals surface area contributed by atoms with Crippen LogP contribution in [0, 0.1) is 6.92 Å². The molecule has 1 aliphatic rings. The molecule has 0 amide bonds. The van der Waals surface area contributed by atoms with Crippen molar-refractivity contribution < 1.29 is 9.47 Å². The molecule has 4 rings (SSSR count). The van der Waals surface area contributed by atoms with Crippen molar-refractivity contribution in [3.8, 4) is 17.2 Å². The lowest BCUT2D eigenvalue weighted by molar-refractivity contribution is 0.304. The number of para-hydroxylation sites is 1. The largest absolute Gasteiger partial charge is 0.489 e. The fourth-order valence-corrected chi connectivity index (χ4v) is 2.79. The molecule has 0 bridgehead atoms. The normalized spacial score (nSPS) is 12.0. The van der Waals surface area contributed by atoms with Gasteiger partial charge in [-0.1, -0.05) is 54.1 Å². The Balaban J connectivity index is 1.51. The molecule has 0 radical (unpaired) electrons. The summed E-state index contributed by atoms with van der Waals surface area (Å²) in [5.74, 6) is 2.67.